The van der Waals surface area contributed by atoms with Crippen LogP contribution in [0.1, 0.15) is 29.7 Å². The van der Waals surface area contributed by atoms with E-state index in [1.54, 1.807) is 6.92 Å². The van der Waals surface area contributed by atoms with Crippen LogP contribution in [0.3, 0.4) is 0 Å². The quantitative estimate of drug-likeness (QED) is 0.927. The van der Waals surface area contributed by atoms with Crippen molar-refractivity contribution < 1.29 is 13.2 Å². The summed E-state index contributed by atoms with van der Waals surface area (Å²) in [7, 11) is 0. The summed E-state index contributed by atoms with van der Waals surface area (Å²) in [4.78, 5) is 3.77. The van der Waals surface area contributed by atoms with E-state index in [1.807, 2.05) is 6.92 Å². The molecule has 1 aromatic carbocycles. The second kappa shape index (κ2) is 6.05. The molecule has 20 heavy (non-hydrogen) atoms. The lowest BCUT2D eigenvalue weighted by molar-refractivity contribution is 0.534. The van der Waals surface area contributed by atoms with Crippen molar-refractivity contribution in [3.05, 3.63) is 64.7 Å². The van der Waals surface area contributed by atoms with Gasteiger partial charge in [-0.05, 0) is 36.7 Å². The van der Waals surface area contributed by atoms with E-state index in [0.717, 1.165) is 12.3 Å². The summed E-state index contributed by atoms with van der Waals surface area (Å²) in [5, 5.41) is 3.06. The summed E-state index contributed by atoms with van der Waals surface area (Å²) >= 11 is 0. The molecule has 0 aliphatic rings. The third-order valence-corrected chi connectivity index (χ3v) is 3.06. The molecule has 1 N–H and O–H groups in total. The molecule has 1 unspecified atom stereocenters. The van der Waals surface area contributed by atoms with Crippen LogP contribution in [0.2, 0.25) is 0 Å². The van der Waals surface area contributed by atoms with E-state index in [1.165, 1.54) is 18.3 Å². The summed E-state index contributed by atoms with van der Waals surface area (Å²) in [6, 6.07) is 3.01. The van der Waals surface area contributed by atoms with Crippen LogP contribution in [0.15, 0.2) is 30.6 Å². The van der Waals surface area contributed by atoms with Crippen molar-refractivity contribution in [2.45, 2.75) is 19.9 Å². The molecule has 0 saturated heterocycles. The molecule has 0 bridgehead atoms. The summed E-state index contributed by atoms with van der Waals surface area (Å²) in [5.41, 5.74) is 1.11. The van der Waals surface area contributed by atoms with Gasteiger partial charge in [-0.3, -0.25) is 4.98 Å². The van der Waals surface area contributed by atoms with Gasteiger partial charge in [-0.15, -0.1) is 0 Å². The Balaban J connectivity index is 2.51. The average Bonchev–Trinajstić information content (AvgIpc) is 2.40. The fourth-order valence-corrected chi connectivity index (χ4v) is 2.10. The number of rotatable bonds is 4. The van der Waals surface area contributed by atoms with Crippen LogP contribution in [0.5, 0.6) is 0 Å². The SMILES string of the molecule is CCNC(c1cncc(F)c1)c1cc(C)c(F)cc1F. The third-order valence-electron chi connectivity index (χ3n) is 3.06. The van der Waals surface area contributed by atoms with Crippen molar-refractivity contribution in [2.24, 2.45) is 0 Å². The van der Waals surface area contributed by atoms with E-state index in [2.05, 4.69) is 10.3 Å². The summed E-state index contributed by atoms with van der Waals surface area (Å²) in [6.07, 6.45) is 2.55. The Hall–Kier alpha value is -1.88. The molecule has 0 aliphatic heterocycles. The number of hydrogen-bond acceptors (Lipinski definition) is 2. The van der Waals surface area contributed by atoms with Crippen molar-refractivity contribution in [3.8, 4) is 0 Å². The van der Waals surface area contributed by atoms with Gasteiger partial charge in [0.1, 0.15) is 17.5 Å². The Morgan fingerprint density at radius 2 is 1.85 bits per heavy atom. The maximum absolute atomic E-state index is 14.0. The van der Waals surface area contributed by atoms with Crippen molar-refractivity contribution >= 4 is 0 Å². The van der Waals surface area contributed by atoms with Crippen LogP contribution in [0, 0.1) is 24.4 Å². The van der Waals surface area contributed by atoms with Gasteiger partial charge in [-0.2, -0.15) is 0 Å². The number of halogens is 3. The van der Waals surface area contributed by atoms with Gasteiger partial charge in [-0.25, -0.2) is 13.2 Å². The predicted octanol–water partition coefficient (Wildman–Crippen LogP) is 3.51. The molecule has 1 aromatic heterocycles. The molecular weight excluding hydrogens is 265 g/mol. The number of aryl methyl sites for hydroxylation is 1. The average molecular weight is 280 g/mol. The van der Waals surface area contributed by atoms with Gasteiger partial charge in [0, 0.05) is 17.8 Å². The Morgan fingerprint density at radius 1 is 1.10 bits per heavy atom. The van der Waals surface area contributed by atoms with Gasteiger partial charge in [0.2, 0.25) is 0 Å². The number of pyridine rings is 1. The molecular formula is C15H15F3N2. The van der Waals surface area contributed by atoms with Gasteiger partial charge in [0.25, 0.3) is 0 Å². The molecule has 2 aromatic rings. The normalized spacial score (nSPS) is 12.4. The standard InChI is InChI=1S/C15H15F3N2/c1-3-20-15(10-5-11(16)8-19-7-10)12-4-9(2)13(17)6-14(12)18/h4-8,15,20H,3H2,1-2H3. The van der Waals surface area contributed by atoms with Gasteiger partial charge >= 0.3 is 0 Å². The van der Waals surface area contributed by atoms with Crippen molar-refractivity contribution in [1.82, 2.24) is 10.3 Å². The lowest BCUT2D eigenvalue weighted by Crippen LogP contribution is -2.23. The zero-order valence-corrected chi connectivity index (χ0v) is 11.3. The van der Waals surface area contributed by atoms with E-state index in [-0.39, 0.29) is 5.56 Å². The lowest BCUT2D eigenvalue weighted by atomic mass is 9.97. The molecule has 0 spiro atoms. The topological polar surface area (TPSA) is 24.9 Å². The molecule has 0 saturated carbocycles. The first kappa shape index (κ1) is 14.5. The maximum Gasteiger partial charge on any atom is 0.141 e. The minimum absolute atomic E-state index is 0.276. The second-order valence-electron chi connectivity index (χ2n) is 4.55. The lowest BCUT2D eigenvalue weighted by Gasteiger charge is -2.20. The summed E-state index contributed by atoms with van der Waals surface area (Å²) in [6.45, 7) is 3.97. The monoisotopic (exact) mass is 280 g/mol. The number of nitrogens with one attached hydrogen (secondary N) is 1. The van der Waals surface area contributed by atoms with Gasteiger partial charge in [-0.1, -0.05) is 6.92 Å². The van der Waals surface area contributed by atoms with Crippen molar-refractivity contribution in [2.75, 3.05) is 6.54 Å². The first-order valence-corrected chi connectivity index (χ1v) is 6.32. The molecule has 2 nitrogen and oxygen atoms in total. The van der Waals surface area contributed by atoms with Crippen LogP contribution in [0.25, 0.3) is 0 Å². The Kier molecular flexibility index (Phi) is 4.39. The van der Waals surface area contributed by atoms with Gasteiger partial charge < -0.3 is 5.32 Å². The molecule has 0 radical (unpaired) electrons. The zero-order chi connectivity index (χ0) is 14.7. The van der Waals surface area contributed by atoms with E-state index in [4.69, 9.17) is 0 Å². The molecule has 1 heterocycles. The van der Waals surface area contributed by atoms with Crippen LogP contribution >= 0.6 is 0 Å². The van der Waals surface area contributed by atoms with E-state index in [9.17, 15) is 13.2 Å². The van der Waals surface area contributed by atoms with Crippen molar-refractivity contribution in [1.29, 1.82) is 0 Å². The molecule has 106 valence electrons. The van der Waals surface area contributed by atoms with E-state index in [0.29, 0.717) is 17.7 Å². The number of benzene rings is 1. The van der Waals surface area contributed by atoms with Crippen molar-refractivity contribution in [3.63, 3.8) is 0 Å². The highest BCUT2D eigenvalue weighted by Crippen LogP contribution is 2.26. The molecule has 0 aliphatic carbocycles. The van der Waals surface area contributed by atoms with E-state index >= 15 is 0 Å². The second-order valence-corrected chi connectivity index (χ2v) is 4.55. The first-order valence-electron chi connectivity index (χ1n) is 6.32. The number of aromatic nitrogens is 1. The fourth-order valence-electron chi connectivity index (χ4n) is 2.10. The number of nitrogens with zero attached hydrogens (tertiary/aromatic N) is 1. The molecule has 5 heteroatoms. The highest BCUT2D eigenvalue weighted by molar-refractivity contribution is 5.34. The summed E-state index contributed by atoms with van der Waals surface area (Å²) < 4.78 is 40.6. The zero-order valence-electron chi connectivity index (χ0n) is 11.3. The molecule has 0 amide bonds. The molecule has 1 atom stereocenters. The smallest absolute Gasteiger partial charge is 0.141 e. The van der Waals surface area contributed by atoms with Crippen LogP contribution in [-0.2, 0) is 0 Å². The minimum Gasteiger partial charge on any atom is -0.306 e. The fraction of sp³-hybridized carbons (Fsp3) is 0.267. The Labute approximate surface area is 115 Å². The number of hydrogen-bond donors (Lipinski definition) is 1. The Bertz CT molecular complexity index is 614. The van der Waals surface area contributed by atoms with Crippen LogP contribution in [0.4, 0.5) is 13.2 Å². The van der Waals surface area contributed by atoms with Gasteiger partial charge in [0.05, 0.1) is 12.2 Å². The molecule has 0 fully saturated rings. The minimum atomic E-state index is -0.664. The van der Waals surface area contributed by atoms with E-state index < -0.39 is 23.5 Å². The largest absolute Gasteiger partial charge is 0.306 e. The maximum atomic E-state index is 14.0. The highest BCUT2D eigenvalue weighted by Gasteiger charge is 2.19. The van der Waals surface area contributed by atoms with Gasteiger partial charge in [0.15, 0.2) is 0 Å². The molecule has 2 rings (SSSR count). The predicted molar refractivity (Wildman–Crippen MR) is 70.8 cm³/mol. The Morgan fingerprint density at radius 3 is 2.50 bits per heavy atom. The van der Waals surface area contributed by atoms with Crippen LogP contribution < -0.4 is 5.32 Å². The first-order chi connectivity index (χ1) is 9.52. The summed E-state index contributed by atoms with van der Waals surface area (Å²) in [5.74, 6) is -1.76. The third kappa shape index (κ3) is 2.99. The van der Waals surface area contributed by atoms with Crippen LogP contribution in [-0.4, -0.2) is 11.5 Å². The highest BCUT2D eigenvalue weighted by atomic mass is 19.1.